The van der Waals surface area contributed by atoms with Crippen LogP contribution in [0.4, 0.5) is 0 Å². The fourth-order valence-electron chi connectivity index (χ4n) is 10.2. The Labute approximate surface area is 190 Å². The van der Waals surface area contributed by atoms with E-state index in [9.17, 15) is 5.11 Å². The number of hydrogen-bond acceptors (Lipinski definition) is 3. The van der Waals surface area contributed by atoms with E-state index < -0.39 is 0 Å². The van der Waals surface area contributed by atoms with Crippen molar-refractivity contribution in [3.05, 3.63) is 11.6 Å². The summed E-state index contributed by atoms with van der Waals surface area (Å²) in [5.74, 6) is 4.77. The van der Waals surface area contributed by atoms with Gasteiger partial charge in [0.15, 0.2) is 0 Å². The first-order valence-corrected chi connectivity index (χ1v) is 13.5. The molecule has 11 atom stereocenters. The van der Waals surface area contributed by atoms with Gasteiger partial charge in [-0.1, -0.05) is 39.3 Å². The Morgan fingerprint density at radius 1 is 1.06 bits per heavy atom. The molecule has 3 nitrogen and oxygen atoms in total. The summed E-state index contributed by atoms with van der Waals surface area (Å²) in [7, 11) is 0. The molecule has 0 aromatic carbocycles. The van der Waals surface area contributed by atoms with Crippen LogP contribution in [0.1, 0.15) is 85.5 Å². The van der Waals surface area contributed by atoms with Crippen LogP contribution in [0.15, 0.2) is 11.6 Å². The van der Waals surface area contributed by atoms with Crippen molar-refractivity contribution in [1.29, 1.82) is 0 Å². The highest BCUT2D eigenvalue weighted by Gasteiger charge is 2.63. The lowest BCUT2D eigenvalue weighted by Crippen LogP contribution is -2.53. The minimum Gasteiger partial charge on any atom is -0.393 e. The molecule has 0 amide bonds. The fourth-order valence-corrected chi connectivity index (χ4v) is 10.2. The third-order valence-corrected chi connectivity index (χ3v) is 11.8. The van der Waals surface area contributed by atoms with E-state index in [1.807, 2.05) is 0 Å². The minimum absolute atomic E-state index is 0.0989. The van der Waals surface area contributed by atoms with E-state index in [1.165, 1.54) is 51.5 Å². The molecule has 2 saturated heterocycles. The Kier molecular flexibility index (Phi) is 4.99. The molecular weight excluding hydrogens is 382 g/mol. The molecule has 31 heavy (non-hydrogen) atoms. The number of ether oxygens (including phenoxy) is 1. The van der Waals surface area contributed by atoms with Crippen molar-refractivity contribution in [2.75, 3.05) is 13.3 Å². The number of aliphatic hydroxyl groups is 1. The molecule has 3 saturated carbocycles. The molecular formula is C28H45NO2. The third-order valence-electron chi connectivity index (χ3n) is 11.8. The van der Waals surface area contributed by atoms with E-state index in [2.05, 4.69) is 38.7 Å². The van der Waals surface area contributed by atoms with E-state index in [4.69, 9.17) is 4.74 Å². The summed E-state index contributed by atoms with van der Waals surface area (Å²) in [6.07, 6.45) is 14.2. The van der Waals surface area contributed by atoms with Crippen LogP contribution in [0.2, 0.25) is 0 Å². The lowest BCUT2D eigenvalue weighted by atomic mass is 9.47. The molecule has 5 fully saturated rings. The highest BCUT2D eigenvalue weighted by molar-refractivity contribution is 5.26. The summed E-state index contributed by atoms with van der Waals surface area (Å²) < 4.78 is 6.78. The second-order valence-corrected chi connectivity index (χ2v) is 13.2. The zero-order chi connectivity index (χ0) is 21.5. The van der Waals surface area contributed by atoms with Crippen LogP contribution in [-0.4, -0.2) is 41.5 Å². The molecule has 174 valence electrons. The summed E-state index contributed by atoms with van der Waals surface area (Å²) in [5.41, 5.74) is 2.39. The smallest absolute Gasteiger partial charge is 0.0996 e. The molecule has 1 N–H and O–H groups in total. The highest BCUT2D eigenvalue weighted by Crippen LogP contribution is 2.68. The number of nitrogens with zero attached hydrogens (tertiary/aromatic N) is 1. The second-order valence-electron chi connectivity index (χ2n) is 13.2. The summed E-state index contributed by atoms with van der Waals surface area (Å²) in [4.78, 5) is 2.70. The van der Waals surface area contributed by atoms with Crippen molar-refractivity contribution < 1.29 is 9.84 Å². The van der Waals surface area contributed by atoms with E-state index >= 15 is 0 Å². The molecule has 4 aliphatic carbocycles. The van der Waals surface area contributed by atoms with Gasteiger partial charge in [-0.25, -0.2) is 0 Å². The highest BCUT2D eigenvalue weighted by atomic mass is 16.5. The average Bonchev–Trinajstić information content (AvgIpc) is 2.96. The molecule has 6 rings (SSSR count). The normalized spacial score (nSPS) is 56.9. The van der Waals surface area contributed by atoms with Crippen LogP contribution in [0, 0.1) is 46.3 Å². The maximum absolute atomic E-state index is 10.3. The summed E-state index contributed by atoms with van der Waals surface area (Å²) in [6, 6.07) is 0.731. The van der Waals surface area contributed by atoms with Gasteiger partial charge in [0.25, 0.3) is 0 Å². The van der Waals surface area contributed by atoms with Crippen molar-refractivity contribution in [2.45, 2.75) is 104 Å². The minimum atomic E-state index is -0.0989. The molecule has 0 bridgehead atoms. The standard InChI is InChI=1S/C28H45NO2/c1-17-5-8-24-18(2)26-25(31-16-29(24)15-17)14-23-21-7-6-19-13-20(30)9-11-27(19,3)22(21)10-12-28(23,26)4/h6,17-18,20-26,30H,5,7-16H2,1-4H3. The zero-order valence-corrected chi connectivity index (χ0v) is 20.4. The molecule has 0 spiro atoms. The van der Waals surface area contributed by atoms with Crippen LogP contribution < -0.4 is 0 Å². The Morgan fingerprint density at radius 2 is 1.90 bits per heavy atom. The first-order chi connectivity index (χ1) is 14.8. The van der Waals surface area contributed by atoms with Gasteiger partial charge in [-0.05, 0) is 104 Å². The SMILES string of the molecule is CC1CCC2C(C)C3C(CC4C5CC=C6CC(O)CCC6(C)C5CCC43C)OCN2C1. The number of allylic oxidation sites excluding steroid dienone is 1. The van der Waals surface area contributed by atoms with Crippen LogP contribution in [0.5, 0.6) is 0 Å². The van der Waals surface area contributed by atoms with Gasteiger partial charge in [-0.3, -0.25) is 4.90 Å². The molecule has 11 unspecified atom stereocenters. The average molecular weight is 428 g/mol. The molecule has 2 heterocycles. The lowest BCUT2D eigenvalue weighted by molar-refractivity contribution is -0.0644. The molecule has 0 aromatic rings. The topological polar surface area (TPSA) is 32.7 Å². The molecule has 3 heteroatoms. The summed E-state index contributed by atoms with van der Waals surface area (Å²) in [5, 5.41) is 10.3. The molecule has 6 aliphatic rings. The second kappa shape index (κ2) is 7.31. The van der Waals surface area contributed by atoms with E-state index in [0.29, 0.717) is 16.9 Å². The van der Waals surface area contributed by atoms with E-state index in [1.54, 1.807) is 5.57 Å². The van der Waals surface area contributed by atoms with Crippen molar-refractivity contribution in [3.8, 4) is 0 Å². The van der Waals surface area contributed by atoms with Gasteiger partial charge in [-0.2, -0.15) is 0 Å². The van der Waals surface area contributed by atoms with E-state index in [0.717, 1.165) is 61.1 Å². The van der Waals surface area contributed by atoms with Crippen molar-refractivity contribution >= 4 is 0 Å². The maximum Gasteiger partial charge on any atom is 0.0996 e. The van der Waals surface area contributed by atoms with E-state index in [-0.39, 0.29) is 6.10 Å². The first-order valence-electron chi connectivity index (χ1n) is 13.5. The molecule has 0 radical (unpaired) electrons. The van der Waals surface area contributed by atoms with Gasteiger partial charge in [0, 0.05) is 12.6 Å². The first kappa shape index (κ1) is 21.2. The third kappa shape index (κ3) is 3.01. The monoisotopic (exact) mass is 427 g/mol. The zero-order valence-electron chi connectivity index (χ0n) is 20.4. The fraction of sp³-hybridized carbons (Fsp3) is 0.929. The number of fused-ring (bicyclic) bond motifs is 8. The van der Waals surface area contributed by atoms with Crippen LogP contribution in [0.3, 0.4) is 0 Å². The van der Waals surface area contributed by atoms with Gasteiger partial charge in [-0.15, -0.1) is 0 Å². The Morgan fingerprint density at radius 3 is 2.74 bits per heavy atom. The number of piperidine rings is 1. The Bertz CT molecular complexity index is 749. The van der Waals surface area contributed by atoms with Gasteiger partial charge < -0.3 is 9.84 Å². The van der Waals surface area contributed by atoms with Gasteiger partial charge in [0.1, 0.15) is 0 Å². The van der Waals surface area contributed by atoms with Gasteiger partial charge in [0.2, 0.25) is 0 Å². The summed E-state index contributed by atoms with van der Waals surface area (Å²) >= 11 is 0. The van der Waals surface area contributed by atoms with Gasteiger partial charge >= 0.3 is 0 Å². The number of rotatable bonds is 0. The number of hydrogen-bond donors (Lipinski definition) is 1. The van der Waals surface area contributed by atoms with Crippen molar-refractivity contribution in [1.82, 2.24) is 4.90 Å². The Balaban J connectivity index is 1.30. The molecule has 2 aliphatic heterocycles. The van der Waals surface area contributed by atoms with Gasteiger partial charge in [0.05, 0.1) is 18.9 Å². The lowest BCUT2D eigenvalue weighted by Gasteiger charge is -2.58. The van der Waals surface area contributed by atoms with Crippen LogP contribution in [0.25, 0.3) is 0 Å². The van der Waals surface area contributed by atoms with Crippen LogP contribution >= 0.6 is 0 Å². The predicted molar refractivity (Wildman–Crippen MR) is 124 cm³/mol. The van der Waals surface area contributed by atoms with Crippen molar-refractivity contribution in [2.24, 2.45) is 46.3 Å². The maximum atomic E-state index is 10.3. The van der Waals surface area contributed by atoms with Crippen LogP contribution in [-0.2, 0) is 4.74 Å². The predicted octanol–water partition coefficient (Wildman–Crippen LogP) is 5.63. The molecule has 0 aromatic heterocycles. The number of aliphatic hydroxyl groups excluding tert-OH is 1. The Hall–Kier alpha value is -0.380. The largest absolute Gasteiger partial charge is 0.393 e. The quantitative estimate of drug-likeness (QED) is 0.509. The summed E-state index contributed by atoms with van der Waals surface area (Å²) in [6.45, 7) is 12.3. The van der Waals surface area contributed by atoms with Crippen molar-refractivity contribution in [3.63, 3.8) is 0 Å².